The fourth-order valence-electron chi connectivity index (χ4n) is 2.30. The molecule has 4 nitrogen and oxygen atoms in total. The van der Waals surface area contributed by atoms with Crippen LogP contribution in [0.2, 0.25) is 0 Å². The van der Waals surface area contributed by atoms with E-state index in [0.29, 0.717) is 19.1 Å². The van der Waals surface area contributed by atoms with Crippen molar-refractivity contribution < 1.29 is 9.53 Å². The zero-order chi connectivity index (χ0) is 13.4. The summed E-state index contributed by atoms with van der Waals surface area (Å²) in [7, 11) is 0. The highest BCUT2D eigenvalue weighted by Gasteiger charge is 2.33. The first-order valence-electron chi connectivity index (χ1n) is 7.31. The van der Waals surface area contributed by atoms with Crippen LogP contribution in [0.3, 0.4) is 0 Å². The maximum Gasteiger partial charge on any atom is 0.227 e. The van der Waals surface area contributed by atoms with E-state index in [2.05, 4.69) is 31.4 Å². The standard InChI is InChI=1S/C14H28N2O2/c1-4-7-15-13-10-18-9-12(13)14(17)16-8-11(5-2)6-3/h11-13,15H,4-10H2,1-3H3,(H,16,17). The van der Waals surface area contributed by atoms with Gasteiger partial charge in [-0.05, 0) is 18.9 Å². The van der Waals surface area contributed by atoms with Gasteiger partial charge in [-0.25, -0.2) is 0 Å². The topological polar surface area (TPSA) is 50.4 Å². The van der Waals surface area contributed by atoms with Gasteiger partial charge in [0.25, 0.3) is 0 Å². The number of carbonyl (C=O) groups excluding carboxylic acids is 1. The highest BCUT2D eigenvalue weighted by Crippen LogP contribution is 2.14. The van der Waals surface area contributed by atoms with Crippen LogP contribution in [-0.4, -0.2) is 38.3 Å². The van der Waals surface area contributed by atoms with Crippen LogP contribution in [0.1, 0.15) is 40.0 Å². The van der Waals surface area contributed by atoms with Gasteiger partial charge in [0.1, 0.15) is 0 Å². The lowest BCUT2D eigenvalue weighted by atomic mass is 10.0. The van der Waals surface area contributed by atoms with Gasteiger partial charge in [0.05, 0.1) is 19.1 Å². The fraction of sp³-hybridized carbons (Fsp3) is 0.929. The average Bonchev–Trinajstić information content (AvgIpc) is 2.85. The third kappa shape index (κ3) is 4.58. The van der Waals surface area contributed by atoms with E-state index in [1.54, 1.807) is 0 Å². The van der Waals surface area contributed by atoms with Crippen LogP contribution in [0.5, 0.6) is 0 Å². The van der Waals surface area contributed by atoms with Gasteiger partial charge < -0.3 is 15.4 Å². The monoisotopic (exact) mass is 256 g/mol. The SMILES string of the molecule is CCCNC1COCC1C(=O)NCC(CC)CC. The molecule has 1 amide bonds. The molecule has 2 unspecified atom stereocenters. The Morgan fingerprint density at radius 2 is 2.00 bits per heavy atom. The molecule has 1 saturated heterocycles. The number of amides is 1. The van der Waals surface area contributed by atoms with E-state index >= 15 is 0 Å². The highest BCUT2D eigenvalue weighted by molar-refractivity contribution is 5.79. The Bertz CT molecular complexity index is 242. The van der Waals surface area contributed by atoms with Crippen LogP contribution < -0.4 is 10.6 Å². The van der Waals surface area contributed by atoms with Crippen molar-refractivity contribution in [2.75, 3.05) is 26.3 Å². The Balaban J connectivity index is 2.35. The second-order valence-electron chi connectivity index (χ2n) is 5.13. The van der Waals surface area contributed by atoms with E-state index in [-0.39, 0.29) is 17.9 Å². The number of hydrogen-bond donors (Lipinski definition) is 2. The summed E-state index contributed by atoms with van der Waals surface area (Å²) in [6, 6.07) is 0.187. The molecule has 0 spiro atoms. The van der Waals surface area contributed by atoms with Crippen molar-refractivity contribution in [3.05, 3.63) is 0 Å². The van der Waals surface area contributed by atoms with E-state index in [1.165, 1.54) is 0 Å². The van der Waals surface area contributed by atoms with Gasteiger partial charge in [0.2, 0.25) is 5.91 Å². The van der Waals surface area contributed by atoms with Gasteiger partial charge in [-0.1, -0.05) is 33.6 Å². The Hall–Kier alpha value is -0.610. The second-order valence-corrected chi connectivity index (χ2v) is 5.13. The third-order valence-corrected chi connectivity index (χ3v) is 3.79. The lowest BCUT2D eigenvalue weighted by Crippen LogP contribution is -2.45. The smallest absolute Gasteiger partial charge is 0.227 e. The zero-order valence-corrected chi connectivity index (χ0v) is 12.0. The molecule has 2 atom stereocenters. The molecule has 1 rings (SSSR count). The Labute approximate surface area is 111 Å². The highest BCUT2D eigenvalue weighted by atomic mass is 16.5. The van der Waals surface area contributed by atoms with Crippen molar-refractivity contribution in [3.8, 4) is 0 Å². The van der Waals surface area contributed by atoms with Crippen molar-refractivity contribution in [2.24, 2.45) is 11.8 Å². The van der Waals surface area contributed by atoms with Crippen molar-refractivity contribution in [3.63, 3.8) is 0 Å². The molecule has 1 fully saturated rings. The minimum atomic E-state index is -0.0223. The molecule has 0 aliphatic carbocycles. The largest absolute Gasteiger partial charge is 0.379 e. The van der Waals surface area contributed by atoms with Crippen LogP contribution in [0, 0.1) is 11.8 Å². The molecule has 0 bridgehead atoms. The lowest BCUT2D eigenvalue weighted by molar-refractivity contribution is -0.125. The number of rotatable bonds is 8. The molecule has 1 heterocycles. The van der Waals surface area contributed by atoms with Gasteiger partial charge in [0.15, 0.2) is 0 Å². The van der Waals surface area contributed by atoms with E-state index < -0.39 is 0 Å². The quantitative estimate of drug-likeness (QED) is 0.693. The van der Waals surface area contributed by atoms with E-state index in [0.717, 1.165) is 32.4 Å². The first-order valence-corrected chi connectivity index (χ1v) is 7.31. The van der Waals surface area contributed by atoms with Crippen molar-refractivity contribution >= 4 is 5.91 Å². The molecule has 0 aromatic heterocycles. The summed E-state index contributed by atoms with van der Waals surface area (Å²) in [5.41, 5.74) is 0. The summed E-state index contributed by atoms with van der Waals surface area (Å²) in [4.78, 5) is 12.1. The Morgan fingerprint density at radius 3 is 2.61 bits per heavy atom. The van der Waals surface area contributed by atoms with Crippen LogP contribution in [0.15, 0.2) is 0 Å². The lowest BCUT2D eigenvalue weighted by Gasteiger charge is -2.20. The molecule has 0 aromatic carbocycles. The number of hydrogen-bond acceptors (Lipinski definition) is 3. The Kier molecular flexibility index (Phi) is 7.28. The number of nitrogens with one attached hydrogen (secondary N) is 2. The predicted octanol–water partition coefficient (Wildman–Crippen LogP) is 1.55. The summed E-state index contributed by atoms with van der Waals surface area (Å²) in [5.74, 6) is 0.720. The molecular formula is C14H28N2O2. The molecule has 0 aromatic rings. The van der Waals surface area contributed by atoms with E-state index in [4.69, 9.17) is 4.74 Å². The summed E-state index contributed by atoms with van der Waals surface area (Å²) >= 11 is 0. The summed E-state index contributed by atoms with van der Waals surface area (Å²) in [5, 5.41) is 6.47. The summed E-state index contributed by atoms with van der Waals surface area (Å²) in [6.45, 7) is 9.42. The van der Waals surface area contributed by atoms with E-state index in [9.17, 15) is 4.79 Å². The second kappa shape index (κ2) is 8.48. The van der Waals surface area contributed by atoms with E-state index in [1.807, 2.05) is 0 Å². The average molecular weight is 256 g/mol. The van der Waals surface area contributed by atoms with Gasteiger partial charge in [0, 0.05) is 12.6 Å². The maximum atomic E-state index is 12.1. The molecule has 18 heavy (non-hydrogen) atoms. The summed E-state index contributed by atoms with van der Waals surface area (Å²) in [6.07, 6.45) is 3.32. The molecule has 2 N–H and O–H groups in total. The molecule has 0 radical (unpaired) electrons. The summed E-state index contributed by atoms with van der Waals surface area (Å²) < 4.78 is 5.42. The molecule has 1 aliphatic heterocycles. The maximum absolute atomic E-state index is 12.1. The van der Waals surface area contributed by atoms with Crippen LogP contribution in [0.4, 0.5) is 0 Å². The first kappa shape index (κ1) is 15.4. The zero-order valence-electron chi connectivity index (χ0n) is 12.0. The van der Waals surface area contributed by atoms with Gasteiger partial charge in [-0.15, -0.1) is 0 Å². The molecule has 0 saturated carbocycles. The van der Waals surface area contributed by atoms with Crippen molar-refractivity contribution in [2.45, 2.75) is 46.1 Å². The van der Waals surface area contributed by atoms with Crippen molar-refractivity contribution in [1.29, 1.82) is 0 Å². The number of ether oxygens (including phenoxy) is 1. The van der Waals surface area contributed by atoms with Gasteiger partial charge in [-0.3, -0.25) is 4.79 Å². The minimum Gasteiger partial charge on any atom is -0.379 e. The molecular weight excluding hydrogens is 228 g/mol. The Morgan fingerprint density at radius 1 is 1.28 bits per heavy atom. The van der Waals surface area contributed by atoms with Crippen LogP contribution in [0.25, 0.3) is 0 Å². The third-order valence-electron chi connectivity index (χ3n) is 3.79. The molecule has 4 heteroatoms. The van der Waals surface area contributed by atoms with Crippen LogP contribution >= 0.6 is 0 Å². The van der Waals surface area contributed by atoms with Gasteiger partial charge >= 0.3 is 0 Å². The molecule has 106 valence electrons. The normalized spacial score (nSPS) is 23.6. The van der Waals surface area contributed by atoms with Crippen LogP contribution in [-0.2, 0) is 9.53 Å². The minimum absolute atomic E-state index is 0.0223. The van der Waals surface area contributed by atoms with Gasteiger partial charge in [-0.2, -0.15) is 0 Å². The first-order chi connectivity index (χ1) is 8.72. The fourth-order valence-corrected chi connectivity index (χ4v) is 2.30. The van der Waals surface area contributed by atoms with Crippen molar-refractivity contribution in [1.82, 2.24) is 10.6 Å². The number of carbonyl (C=O) groups is 1. The predicted molar refractivity (Wildman–Crippen MR) is 73.5 cm³/mol. The molecule has 1 aliphatic rings.